The zero-order valence-electron chi connectivity index (χ0n) is 14.2. The van der Waals surface area contributed by atoms with Crippen LogP contribution < -0.4 is 15.6 Å². The van der Waals surface area contributed by atoms with E-state index < -0.39 is 21.6 Å². The minimum atomic E-state index is -3.77. The molecule has 1 aliphatic heterocycles. The number of nitrogens with one attached hydrogen (secondary N) is 4. The zero-order valence-corrected chi connectivity index (χ0v) is 15.0. The number of sulfonamides is 1. The average molecular weight is 390 g/mol. The lowest BCUT2D eigenvalue weighted by atomic mass is 10.1. The van der Waals surface area contributed by atoms with Crippen molar-refractivity contribution in [2.75, 3.05) is 13.1 Å². The summed E-state index contributed by atoms with van der Waals surface area (Å²) in [5.41, 5.74) is -0.0772. The van der Waals surface area contributed by atoms with Crippen LogP contribution in [0.2, 0.25) is 0 Å². The molecule has 0 saturated carbocycles. The van der Waals surface area contributed by atoms with Gasteiger partial charge in [0.15, 0.2) is 0 Å². The normalized spacial score (nSPS) is 16.1. The van der Waals surface area contributed by atoms with E-state index >= 15 is 0 Å². The molecule has 0 amide bonds. The van der Waals surface area contributed by atoms with Crippen LogP contribution in [0.15, 0.2) is 34.1 Å². The van der Waals surface area contributed by atoms with E-state index in [1.54, 1.807) is 0 Å². The van der Waals surface area contributed by atoms with E-state index in [2.05, 4.69) is 20.0 Å². The summed E-state index contributed by atoms with van der Waals surface area (Å²) in [6.45, 7) is 1.50. The fourth-order valence-electron chi connectivity index (χ4n) is 3.47. The lowest BCUT2D eigenvalue weighted by molar-refractivity contribution is 0.0699. The first kappa shape index (κ1) is 17.7. The van der Waals surface area contributed by atoms with Crippen LogP contribution in [0.25, 0.3) is 21.8 Å². The highest BCUT2D eigenvalue weighted by Gasteiger charge is 2.23. The second kappa shape index (κ2) is 6.48. The molecule has 0 spiro atoms. The summed E-state index contributed by atoms with van der Waals surface area (Å²) in [6, 6.07) is 4.13. The van der Waals surface area contributed by atoms with Crippen molar-refractivity contribution in [3.8, 4) is 0 Å². The van der Waals surface area contributed by atoms with Gasteiger partial charge in [-0.05, 0) is 44.1 Å². The maximum absolute atomic E-state index is 12.8. The molecule has 3 heterocycles. The molecule has 1 aliphatic rings. The third kappa shape index (κ3) is 3.11. The van der Waals surface area contributed by atoms with Gasteiger partial charge in [-0.25, -0.2) is 17.9 Å². The molecule has 1 saturated heterocycles. The minimum Gasteiger partial charge on any atom is -0.478 e. The number of H-pyrrole nitrogens is 2. The van der Waals surface area contributed by atoms with Crippen molar-refractivity contribution in [3.63, 3.8) is 0 Å². The summed E-state index contributed by atoms with van der Waals surface area (Å²) < 4.78 is 28.3. The number of hydrogen-bond donors (Lipinski definition) is 5. The molecule has 4 rings (SSSR count). The van der Waals surface area contributed by atoms with Gasteiger partial charge < -0.3 is 20.4 Å². The first-order chi connectivity index (χ1) is 12.9. The van der Waals surface area contributed by atoms with Crippen LogP contribution in [-0.2, 0) is 10.0 Å². The Hall–Kier alpha value is -2.69. The number of piperidine rings is 1. The molecule has 5 N–H and O–H groups in total. The van der Waals surface area contributed by atoms with E-state index in [-0.39, 0.29) is 27.4 Å². The van der Waals surface area contributed by atoms with Crippen LogP contribution in [0, 0.1) is 0 Å². The van der Waals surface area contributed by atoms with E-state index in [0.29, 0.717) is 23.7 Å². The van der Waals surface area contributed by atoms with Crippen molar-refractivity contribution in [2.24, 2.45) is 0 Å². The van der Waals surface area contributed by atoms with Gasteiger partial charge in [-0.3, -0.25) is 4.79 Å². The van der Waals surface area contributed by atoms with E-state index in [0.717, 1.165) is 13.1 Å². The Morgan fingerprint density at radius 1 is 1.22 bits per heavy atom. The molecular formula is C17H18N4O5S. The Balaban J connectivity index is 1.87. The highest BCUT2D eigenvalue weighted by atomic mass is 32.2. The van der Waals surface area contributed by atoms with Gasteiger partial charge >= 0.3 is 5.97 Å². The molecular weight excluding hydrogens is 372 g/mol. The highest BCUT2D eigenvalue weighted by molar-refractivity contribution is 7.89. The molecule has 2 aromatic heterocycles. The number of fused-ring (bicyclic) bond motifs is 3. The Morgan fingerprint density at radius 2 is 1.96 bits per heavy atom. The average Bonchev–Trinajstić information content (AvgIpc) is 3.08. The highest BCUT2D eigenvalue weighted by Crippen LogP contribution is 2.27. The lowest BCUT2D eigenvalue weighted by Gasteiger charge is -2.23. The SMILES string of the molecule is O=C(O)c1c[nH]c2c(=O)[nH]c3ccc(S(=O)(=O)NC4CCNCC4)cc3c12. The fraction of sp³-hybridized carbons (Fsp3) is 0.294. The van der Waals surface area contributed by atoms with Crippen molar-refractivity contribution in [1.29, 1.82) is 0 Å². The largest absolute Gasteiger partial charge is 0.478 e. The molecule has 1 fully saturated rings. The van der Waals surface area contributed by atoms with Gasteiger partial charge in [0, 0.05) is 28.5 Å². The molecule has 0 aliphatic carbocycles. The number of benzene rings is 1. The second-order valence-electron chi connectivity index (χ2n) is 6.56. The molecule has 10 heteroatoms. The number of carbonyl (C=O) groups is 1. The molecule has 27 heavy (non-hydrogen) atoms. The molecule has 142 valence electrons. The standard InChI is InChI=1S/C17H18N4O5S/c22-16-15-14(12(8-19-15)17(23)24)11-7-10(1-2-13(11)20-16)27(25,26)21-9-3-5-18-6-4-9/h1-2,7-9,18-19,21H,3-6H2,(H,20,22)(H,23,24). The Morgan fingerprint density at radius 3 is 2.67 bits per heavy atom. The van der Waals surface area contributed by atoms with Crippen molar-refractivity contribution >= 4 is 37.8 Å². The molecule has 0 unspecified atom stereocenters. The summed E-state index contributed by atoms with van der Waals surface area (Å²) in [5, 5.41) is 13.1. The van der Waals surface area contributed by atoms with Crippen molar-refractivity contribution in [3.05, 3.63) is 40.3 Å². The van der Waals surface area contributed by atoms with Crippen LogP contribution in [-0.4, -0.2) is 48.6 Å². The number of carboxylic acid groups (broad SMARTS) is 1. The maximum atomic E-state index is 12.8. The van der Waals surface area contributed by atoms with E-state index in [1.165, 1.54) is 24.4 Å². The smallest absolute Gasteiger partial charge is 0.337 e. The maximum Gasteiger partial charge on any atom is 0.337 e. The number of rotatable bonds is 4. The first-order valence-electron chi connectivity index (χ1n) is 8.50. The predicted molar refractivity (Wildman–Crippen MR) is 99.6 cm³/mol. The summed E-state index contributed by atoms with van der Waals surface area (Å²) in [6.07, 6.45) is 2.63. The fourth-order valence-corrected chi connectivity index (χ4v) is 4.80. The van der Waals surface area contributed by atoms with Gasteiger partial charge in [0.1, 0.15) is 5.52 Å². The quantitative estimate of drug-likeness (QED) is 0.444. The topological polar surface area (TPSA) is 144 Å². The van der Waals surface area contributed by atoms with Gasteiger partial charge in [-0.2, -0.15) is 0 Å². The number of aromatic amines is 2. The summed E-state index contributed by atoms with van der Waals surface area (Å²) in [5.74, 6) is -1.20. The number of aromatic nitrogens is 2. The Labute approximate surface area is 153 Å². The predicted octanol–water partition coefficient (Wildman–Crippen LogP) is 0.738. The van der Waals surface area contributed by atoms with Crippen LogP contribution >= 0.6 is 0 Å². The van der Waals surface area contributed by atoms with Crippen molar-refractivity contribution < 1.29 is 18.3 Å². The minimum absolute atomic E-state index is 0.0272. The van der Waals surface area contributed by atoms with Crippen molar-refractivity contribution in [2.45, 2.75) is 23.8 Å². The van der Waals surface area contributed by atoms with Crippen LogP contribution in [0.5, 0.6) is 0 Å². The molecule has 9 nitrogen and oxygen atoms in total. The zero-order chi connectivity index (χ0) is 19.2. The Kier molecular flexibility index (Phi) is 4.25. The van der Waals surface area contributed by atoms with Gasteiger partial charge in [0.05, 0.1) is 10.5 Å². The van der Waals surface area contributed by atoms with Crippen LogP contribution in [0.1, 0.15) is 23.2 Å². The van der Waals surface area contributed by atoms with E-state index in [1.807, 2.05) is 0 Å². The lowest BCUT2D eigenvalue weighted by Crippen LogP contribution is -2.42. The monoisotopic (exact) mass is 390 g/mol. The van der Waals surface area contributed by atoms with E-state index in [4.69, 9.17) is 0 Å². The molecule has 0 atom stereocenters. The molecule has 0 radical (unpaired) electrons. The third-order valence-electron chi connectivity index (χ3n) is 4.82. The van der Waals surface area contributed by atoms with Gasteiger partial charge in [-0.1, -0.05) is 0 Å². The first-order valence-corrected chi connectivity index (χ1v) is 9.98. The Bertz CT molecular complexity index is 1210. The van der Waals surface area contributed by atoms with Gasteiger partial charge in [0.25, 0.3) is 5.56 Å². The molecule has 0 bridgehead atoms. The van der Waals surface area contributed by atoms with Crippen molar-refractivity contribution in [1.82, 2.24) is 20.0 Å². The molecule has 1 aromatic carbocycles. The van der Waals surface area contributed by atoms with Crippen LogP contribution in [0.4, 0.5) is 0 Å². The van der Waals surface area contributed by atoms with Crippen LogP contribution in [0.3, 0.4) is 0 Å². The number of aromatic carboxylic acids is 1. The third-order valence-corrected chi connectivity index (χ3v) is 6.34. The summed E-state index contributed by atoms with van der Waals surface area (Å²) in [4.78, 5) is 29.0. The summed E-state index contributed by atoms with van der Waals surface area (Å²) in [7, 11) is -3.77. The van der Waals surface area contributed by atoms with Gasteiger partial charge in [-0.15, -0.1) is 0 Å². The summed E-state index contributed by atoms with van der Waals surface area (Å²) >= 11 is 0. The second-order valence-corrected chi connectivity index (χ2v) is 8.28. The van der Waals surface area contributed by atoms with E-state index in [9.17, 15) is 23.1 Å². The number of hydrogen-bond acceptors (Lipinski definition) is 5. The molecule has 3 aromatic rings. The number of carboxylic acids is 1. The van der Waals surface area contributed by atoms with Gasteiger partial charge in [0.2, 0.25) is 10.0 Å². The number of pyridine rings is 1.